The average molecular weight is 2210 g/mol. The molecule has 2 atom stereocenters. The van der Waals surface area contributed by atoms with Gasteiger partial charge in [-0.3, -0.25) is 14.1 Å². The summed E-state index contributed by atoms with van der Waals surface area (Å²) in [5.74, 6) is 0. The zero-order valence-electron chi connectivity index (χ0n) is 50.4. The largest absolute Gasteiger partial charge is 0.318 e. The second-order valence-corrected chi connectivity index (χ2v) is 27.9. The zero-order valence-corrected chi connectivity index (χ0v) is 67.3. The third-order valence-corrected chi connectivity index (χ3v) is 17.6. The summed E-state index contributed by atoms with van der Waals surface area (Å²) in [6, 6.07) is 91.2. The minimum Gasteiger partial charge on any atom is -0.318 e. The third kappa shape index (κ3) is 17.5. The predicted octanol–water partition coefficient (Wildman–Crippen LogP) is 21.7. The summed E-state index contributed by atoms with van der Waals surface area (Å²) in [6.07, 6.45) is 7.52. The van der Waals surface area contributed by atoms with Crippen LogP contribution in [0.3, 0.4) is 0 Å². The maximum Gasteiger partial charge on any atom is 0.0239 e. The van der Waals surface area contributed by atoms with Gasteiger partial charge in [0.05, 0.1) is 0 Å². The molecule has 93 heavy (non-hydrogen) atoms. The van der Waals surface area contributed by atoms with Gasteiger partial charge in [0.25, 0.3) is 0 Å². The maximum atomic E-state index is 4.89. The molecule has 0 saturated heterocycles. The molecular formula is C76H62F3Ir5N4P3S2-4. The van der Waals surface area contributed by atoms with Gasteiger partial charge in [-0.25, -0.2) is 22.7 Å². The Morgan fingerprint density at radius 1 is 0.419 bits per heavy atom. The van der Waals surface area contributed by atoms with Crippen LogP contribution in [-0.2, 0) is 111 Å². The molecule has 0 saturated carbocycles. The Morgan fingerprint density at radius 3 is 1.58 bits per heavy atom. The zero-order chi connectivity index (χ0) is 58.3. The summed E-state index contributed by atoms with van der Waals surface area (Å²) in [5.41, 5.74) is 19.3. The molecule has 4 nitrogen and oxygen atoms in total. The van der Waals surface area contributed by atoms with Crippen molar-refractivity contribution in [1.82, 2.24) is 19.9 Å². The Morgan fingerprint density at radius 2 is 0.978 bits per heavy atom. The number of thiophene rings is 2. The van der Waals surface area contributed by atoms with Gasteiger partial charge in [0, 0.05) is 136 Å². The molecule has 483 valence electrons. The van der Waals surface area contributed by atoms with Crippen molar-refractivity contribution in [1.29, 1.82) is 0 Å². The van der Waals surface area contributed by atoms with E-state index in [4.69, 9.17) is 4.98 Å². The molecule has 2 unspecified atom stereocenters. The number of rotatable bonds is 5. The van der Waals surface area contributed by atoms with Gasteiger partial charge in [0.15, 0.2) is 0 Å². The van der Waals surface area contributed by atoms with Gasteiger partial charge >= 0.3 is 0 Å². The molecule has 8 aromatic carbocycles. The average Bonchev–Trinajstić information content (AvgIpc) is 1.60. The first kappa shape index (κ1) is 80.3. The standard InChI is InChI=1S/C35H28N.C15H10N.2C13H8NS.3FH.5Ir.H5P3/c1-34(2)29-11-7-5-9-25(29)27-16-13-22(19-31(27)34)24-15-18-33(36-21-24)23-14-17-28-26-10-6-8-12-30(26)35(3,4)32(28)20-23;1-2-7-13(8-3-1)15-14-9-5-4-6-12(14)10-11-16-15;1-2-7-12-10(5-1)9-13(15-12)11-6-3-4-8-14-11;1-2-5-11-10(4-1)7-8-14-13(11)12-6-3-9-15-12;;;;;;;;;1-3-2/h5-13,15-21H,1-4H3;1-7,9-11H;1-8H;1-5,7-9H;3*1H;;;;;;3H,1-2H2/q4*-1;;;;;;;;;. The fraction of sp³-hybridized carbons (Fsp3) is 0.0789. The second kappa shape index (κ2) is 36.8. The number of aromatic nitrogens is 4. The maximum absolute atomic E-state index is 4.89. The van der Waals surface area contributed by atoms with E-state index in [2.05, 4.69) is 218 Å². The van der Waals surface area contributed by atoms with Crippen molar-refractivity contribution >= 4 is 80.1 Å². The Hall–Kier alpha value is -5.13. The van der Waals surface area contributed by atoms with Crippen LogP contribution in [0.1, 0.15) is 49.9 Å². The van der Waals surface area contributed by atoms with Crippen LogP contribution in [0.15, 0.2) is 255 Å². The SMILES string of the molecule is CC1(C)c2ccccc2-c2c[c-]c(-c3ccc(-c4ccc5c(c4)C(C)(C)c4ccccc4-5)cn3)cc21.F.F.F.PPP.[Ir].[Ir].[Ir].[Ir].[Ir].[c-]1c(-c2ccccn2)sc2ccccc12.[c-]1ccccc1-c1nccc2ccccc12.[c-]1ccsc1-c1nccc2ccccc12. The van der Waals surface area contributed by atoms with Crippen LogP contribution in [0.4, 0.5) is 14.1 Å². The molecule has 0 spiro atoms. The first-order valence-electron chi connectivity index (χ1n) is 28.1. The number of hydrogen-bond acceptors (Lipinski definition) is 6. The molecule has 16 rings (SSSR count). The Bertz CT molecular complexity index is 4480. The van der Waals surface area contributed by atoms with Gasteiger partial charge < -0.3 is 19.9 Å². The summed E-state index contributed by atoms with van der Waals surface area (Å²) in [4.78, 5) is 20.3. The van der Waals surface area contributed by atoms with E-state index in [0.29, 0.717) is 0 Å². The van der Waals surface area contributed by atoms with E-state index in [1.807, 2.05) is 121 Å². The number of pyridine rings is 4. The van der Waals surface area contributed by atoms with E-state index in [9.17, 15) is 0 Å². The number of fused-ring (bicyclic) bond motifs is 9. The van der Waals surface area contributed by atoms with E-state index in [0.717, 1.165) is 57.2 Å². The Labute approximate surface area is 624 Å². The van der Waals surface area contributed by atoms with Crippen molar-refractivity contribution in [2.45, 2.75) is 38.5 Å². The fourth-order valence-corrected chi connectivity index (χ4v) is 13.1. The van der Waals surface area contributed by atoms with Crippen molar-refractivity contribution in [3.8, 4) is 77.0 Å². The molecule has 0 fully saturated rings. The van der Waals surface area contributed by atoms with Crippen molar-refractivity contribution in [3.63, 3.8) is 0 Å². The topological polar surface area (TPSA) is 51.6 Å². The fourth-order valence-electron chi connectivity index (χ4n) is 11.5. The summed E-state index contributed by atoms with van der Waals surface area (Å²) >= 11 is 3.41. The number of benzene rings is 8. The number of halogens is 3. The molecule has 6 aromatic heterocycles. The molecule has 2 aliphatic carbocycles. The minimum absolute atomic E-state index is 0. The van der Waals surface area contributed by atoms with Gasteiger partial charge in [-0.1, -0.05) is 197 Å². The molecule has 2 aliphatic rings. The molecule has 17 heteroatoms. The summed E-state index contributed by atoms with van der Waals surface area (Å²) in [7, 11) is 6.06. The van der Waals surface area contributed by atoms with Gasteiger partial charge in [0.1, 0.15) is 0 Å². The van der Waals surface area contributed by atoms with Crippen molar-refractivity contribution in [2.75, 3.05) is 0 Å². The Kier molecular flexibility index (Phi) is 31.8. The molecule has 0 aliphatic heterocycles. The third-order valence-electron chi connectivity index (χ3n) is 15.7. The molecule has 14 aromatic rings. The van der Waals surface area contributed by atoms with Crippen LogP contribution in [0.5, 0.6) is 0 Å². The molecule has 5 radical (unpaired) electrons. The van der Waals surface area contributed by atoms with E-state index >= 15 is 0 Å². The predicted molar refractivity (Wildman–Crippen MR) is 378 cm³/mol. The van der Waals surface area contributed by atoms with E-state index in [1.165, 1.54) is 81.7 Å². The second-order valence-electron chi connectivity index (χ2n) is 21.6. The number of hydrogen-bond donors (Lipinski definition) is 0. The van der Waals surface area contributed by atoms with Crippen LogP contribution in [0, 0.1) is 24.3 Å². The van der Waals surface area contributed by atoms with Crippen molar-refractivity contribution in [3.05, 3.63) is 301 Å². The van der Waals surface area contributed by atoms with Crippen LogP contribution < -0.4 is 0 Å². The first-order chi connectivity index (χ1) is 41.6. The number of nitrogens with zero attached hydrogens (tertiary/aromatic N) is 4. The van der Waals surface area contributed by atoms with E-state index in [1.54, 1.807) is 22.7 Å². The molecule has 0 bridgehead atoms. The van der Waals surface area contributed by atoms with E-state index < -0.39 is 0 Å². The summed E-state index contributed by atoms with van der Waals surface area (Å²) in [5, 5.41) is 8.00. The van der Waals surface area contributed by atoms with Crippen LogP contribution in [-0.4, -0.2) is 19.9 Å². The first-order valence-corrected chi connectivity index (χ1v) is 34.4. The smallest absolute Gasteiger partial charge is 0.0239 e. The quantitative estimate of drug-likeness (QED) is 0.127. The Balaban J connectivity index is 0.000000274. The van der Waals surface area contributed by atoms with Gasteiger partial charge in [-0.05, 0) is 117 Å². The summed E-state index contributed by atoms with van der Waals surface area (Å²) in [6.45, 7) is 9.27. The summed E-state index contributed by atoms with van der Waals surface area (Å²) < 4.78 is 1.26. The monoisotopic (exact) mass is 2210 g/mol. The van der Waals surface area contributed by atoms with Gasteiger partial charge in [-0.15, -0.1) is 112 Å². The normalized spacial score (nSPS) is 11.5. The van der Waals surface area contributed by atoms with Gasteiger partial charge in [-0.2, -0.15) is 12.1 Å². The molecule has 6 heterocycles. The molecular weight excluding hydrogens is 2140 g/mol. The van der Waals surface area contributed by atoms with Crippen LogP contribution >= 0.6 is 48.5 Å². The van der Waals surface area contributed by atoms with Crippen LogP contribution in [0.25, 0.3) is 109 Å². The molecule has 0 amide bonds. The van der Waals surface area contributed by atoms with Crippen LogP contribution in [0.2, 0.25) is 0 Å². The van der Waals surface area contributed by atoms with Crippen molar-refractivity contribution in [2.24, 2.45) is 0 Å². The minimum atomic E-state index is -0.0233. The van der Waals surface area contributed by atoms with Crippen molar-refractivity contribution < 1.29 is 115 Å². The molecule has 0 N–H and O–H groups in total. The van der Waals surface area contributed by atoms with Gasteiger partial charge in [0.2, 0.25) is 0 Å². The van der Waals surface area contributed by atoms with E-state index in [-0.39, 0.29) is 125 Å².